The second-order valence-corrected chi connectivity index (χ2v) is 8.90. The van der Waals surface area contributed by atoms with Crippen molar-refractivity contribution in [1.29, 1.82) is 0 Å². The van der Waals surface area contributed by atoms with E-state index in [1.54, 1.807) is 0 Å². The van der Waals surface area contributed by atoms with Gasteiger partial charge in [-0.1, -0.05) is 13.8 Å². The summed E-state index contributed by atoms with van der Waals surface area (Å²) in [5, 5.41) is 6.66. The van der Waals surface area contributed by atoms with E-state index in [4.69, 9.17) is 14.5 Å². The summed E-state index contributed by atoms with van der Waals surface area (Å²) in [6.45, 7) is 17.5. The maximum Gasteiger partial charge on any atom is 0.410 e. The average molecular weight is 527 g/mol. The van der Waals surface area contributed by atoms with Crippen molar-refractivity contribution in [2.45, 2.75) is 66.4 Å². The summed E-state index contributed by atoms with van der Waals surface area (Å²) >= 11 is 0. The van der Waals surface area contributed by atoms with E-state index in [0.717, 1.165) is 58.1 Å². The van der Waals surface area contributed by atoms with E-state index in [0.29, 0.717) is 24.9 Å². The molecule has 8 heteroatoms. The number of rotatable bonds is 9. The van der Waals surface area contributed by atoms with E-state index in [1.807, 2.05) is 25.7 Å². The number of likely N-dealkylation sites (tertiary alicyclic amines) is 1. The molecule has 7 nitrogen and oxygen atoms in total. The molecule has 1 heterocycles. The molecule has 0 spiro atoms. The normalized spacial score (nSPS) is 17.7. The number of hydrogen-bond donors (Lipinski definition) is 2. The van der Waals surface area contributed by atoms with Crippen molar-refractivity contribution in [3.63, 3.8) is 0 Å². The number of halogens is 1. The standard InChI is InChI=1S/C21H42N4O3.HI/c1-7-22-19(23-11-9-13-27-16-17(2)3)24-14-18-10-8-12-25(15-18)20(26)28-21(4,5)6;/h17-18H,7-16H2,1-6H3,(H2,22,23,24);1H. The molecule has 1 unspecified atom stereocenters. The molecule has 1 aliphatic heterocycles. The van der Waals surface area contributed by atoms with Crippen molar-refractivity contribution in [3.05, 3.63) is 0 Å². The van der Waals surface area contributed by atoms with Gasteiger partial charge in [0.05, 0.1) is 0 Å². The zero-order valence-electron chi connectivity index (χ0n) is 19.3. The van der Waals surface area contributed by atoms with Crippen LogP contribution in [0, 0.1) is 11.8 Å². The zero-order valence-corrected chi connectivity index (χ0v) is 21.6. The van der Waals surface area contributed by atoms with Crippen LogP contribution in [0.2, 0.25) is 0 Å². The molecule has 1 aliphatic rings. The Bertz CT molecular complexity index is 481. The number of hydrogen-bond acceptors (Lipinski definition) is 4. The number of nitrogens with zero attached hydrogens (tertiary/aromatic N) is 2. The highest BCUT2D eigenvalue weighted by atomic mass is 127. The maximum atomic E-state index is 12.3. The Labute approximate surface area is 194 Å². The number of ether oxygens (including phenoxy) is 2. The number of amides is 1. The van der Waals surface area contributed by atoms with Crippen LogP contribution in [-0.2, 0) is 9.47 Å². The number of guanidine groups is 1. The third-order valence-electron chi connectivity index (χ3n) is 4.23. The summed E-state index contributed by atoms with van der Waals surface area (Å²) in [4.78, 5) is 18.8. The topological polar surface area (TPSA) is 75.2 Å². The first-order chi connectivity index (χ1) is 13.2. The van der Waals surface area contributed by atoms with Crippen LogP contribution in [0.15, 0.2) is 4.99 Å². The monoisotopic (exact) mass is 526 g/mol. The van der Waals surface area contributed by atoms with Gasteiger partial charge in [0.15, 0.2) is 5.96 Å². The van der Waals surface area contributed by atoms with Gasteiger partial charge in [0.1, 0.15) is 5.60 Å². The summed E-state index contributed by atoms with van der Waals surface area (Å²) in [5.41, 5.74) is -0.455. The highest BCUT2D eigenvalue weighted by molar-refractivity contribution is 14.0. The summed E-state index contributed by atoms with van der Waals surface area (Å²) in [5.74, 6) is 1.77. The van der Waals surface area contributed by atoms with Gasteiger partial charge in [0.25, 0.3) is 0 Å². The minimum atomic E-state index is -0.455. The molecule has 29 heavy (non-hydrogen) atoms. The highest BCUT2D eigenvalue weighted by Crippen LogP contribution is 2.19. The van der Waals surface area contributed by atoms with E-state index >= 15 is 0 Å². The van der Waals surface area contributed by atoms with Gasteiger partial charge in [0, 0.05) is 45.9 Å². The first-order valence-corrected chi connectivity index (χ1v) is 10.8. The van der Waals surface area contributed by atoms with Gasteiger partial charge in [-0.15, -0.1) is 24.0 Å². The Hall–Kier alpha value is -0.770. The largest absolute Gasteiger partial charge is 0.444 e. The SMILES string of the molecule is CCNC(=NCC1CCCN(C(=O)OC(C)(C)C)C1)NCCCOCC(C)C.I. The summed E-state index contributed by atoms with van der Waals surface area (Å²) in [7, 11) is 0. The van der Waals surface area contributed by atoms with Gasteiger partial charge >= 0.3 is 6.09 Å². The fraction of sp³-hybridized carbons (Fsp3) is 0.905. The predicted molar refractivity (Wildman–Crippen MR) is 130 cm³/mol. The van der Waals surface area contributed by atoms with Crippen molar-refractivity contribution in [2.24, 2.45) is 16.8 Å². The molecule has 0 aromatic heterocycles. The van der Waals surface area contributed by atoms with Gasteiger partial charge in [-0.25, -0.2) is 4.79 Å². The van der Waals surface area contributed by atoms with E-state index in [1.165, 1.54) is 0 Å². The quantitative estimate of drug-likeness (QED) is 0.207. The van der Waals surface area contributed by atoms with Crippen molar-refractivity contribution in [3.8, 4) is 0 Å². The summed E-state index contributed by atoms with van der Waals surface area (Å²) in [6, 6.07) is 0. The molecule has 0 radical (unpaired) electrons. The lowest BCUT2D eigenvalue weighted by Crippen LogP contribution is -2.44. The van der Waals surface area contributed by atoms with Gasteiger partial charge in [0.2, 0.25) is 0 Å². The van der Waals surface area contributed by atoms with Crippen LogP contribution in [0.5, 0.6) is 0 Å². The number of carbonyl (C=O) groups is 1. The molecule has 0 bridgehead atoms. The molecule has 0 aliphatic carbocycles. The predicted octanol–water partition coefficient (Wildman–Crippen LogP) is 3.87. The molecule has 172 valence electrons. The zero-order chi connectivity index (χ0) is 21.0. The lowest BCUT2D eigenvalue weighted by molar-refractivity contribution is 0.0170. The first kappa shape index (κ1) is 28.2. The average Bonchev–Trinajstić information content (AvgIpc) is 2.61. The highest BCUT2D eigenvalue weighted by Gasteiger charge is 2.27. The molecule has 1 fully saturated rings. The third-order valence-corrected chi connectivity index (χ3v) is 4.23. The number of nitrogens with one attached hydrogen (secondary N) is 2. The Morgan fingerprint density at radius 3 is 2.62 bits per heavy atom. The Morgan fingerprint density at radius 1 is 1.28 bits per heavy atom. The molecular formula is C21H43IN4O3. The van der Waals surface area contributed by atoms with Crippen molar-refractivity contribution < 1.29 is 14.3 Å². The van der Waals surface area contributed by atoms with Gasteiger partial charge < -0.3 is 25.0 Å². The Morgan fingerprint density at radius 2 is 2.00 bits per heavy atom. The molecule has 0 aromatic rings. The van der Waals surface area contributed by atoms with Crippen molar-refractivity contribution in [2.75, 3.05) is 45.9 Å². The molecule has 2 N–H and O–H groups in total. The van der Waals surface area contributed by atoms with E-state index in [9.17, 15) is 4.79 Å². The van der Waals surface area contributed by atoms with Crippen LogP contribution in [0.3, 0.4) is 0 Å². The second kappa shape index (κ2) is 15.1. The molecule has 1 saturated heterocycles. The number of carbonyl (C=O) groups excluding carboxylic acids is 1. The van der Waals surface area contributed by atoms with E-state index < -0.39 is 5.60 Å². The van der Waals surface area contributed by atoms with Crippen LogP contribution < -0.4 is 10.6 Å². The molecular weight excluding hydrogens is 483 g/mol. The fourth-order valence-electron chi connectivity index (χ4n) is 2.97. The lowest BCUT2D eigenvalue weighted by atomic mass is 9.98. The third kappa shape index (κ3) is 14.0. The minimum absolute atomic E-state index is 0. The van der Waals surface area contributed by atoms with Crippen molar-refractivity contribution >= 4 is 36.0 Å². The van der Waals surface area contributed by atoms with Crippen LogP contribution in [0.25, 0.3) is 0 Å². The number of piperidine rings is 1. The van der Waals surface area contributed by atoms with Crippen LogP contribution in [0.4, 0.5) is 4.79 Å². The van der Waals surface area contributed by atoms with E-state index in [2.05, 4.69) is 31.4 Å². The van der Waals surface area contributed by atoms with Gasteiger partial charge in [-0.05, 0) is 58.8 Å². The minimum Gasteiger partial charge on any atom is -0.444 e. The molecule has 0 saturated carbocycles. The van der Waals surface area contributed by atoms with Crippen molar-refractivity contribution in [1.82, 2.24) is 15.5 Å². The van der Waals surface area contributed by atoms with Crippen LogP contribution in [0.1, 0.15) is 60.8 Å². The smallest absolute Gasteiger partial charge is 0.410 e. The number of aliphatic imine (C=N–C) groups is 1. The Balaban J connectivity index is 0.00000784. The summed E-state index contributed by atoms with van der Waals surface area (Å²) < 4.78 is 11.1. The molecule has 0 aromatic carbocycles. The van der Waals surface area contributed by atoms with Crippen LogP contribution >= 0.6 is 24.0 Å². The summed E-state index contributed by atoms with van der Waals surface area (Å²) in [6.07, 6.45) is 2.82. The fourth-order valence-corrected chi connectivity index (χ4v) is 2.97. The lowest BCUT2D eigenvalue weighted by Gasteiger charge is -2.33. The molecule has 1 amide bonds. The Kier molecular flexibility index (Phi) is 14.7. The molecule has 1 atom stereocenters. The molecule has 1 rings (SSSR count). The maximum absolute atomic E-state index is 12.3. The second-order valence-electron chi connectivity index (χ2n) is 8.90. The first-order valence-electron chi connectivity index (χ1n) is 10.8. The van der Waals surface area contributed by atoms with Gasteiger partial charge in [-0.3, -0.25) is 4.99 Å². The van der Waals surface area contributed by atoms with Gasteiger partial charge in [-0.2, -0.15) is 0 Å². The van der Waals surface area contributed by atoms with Crippen LogP contribution in [-0.4, -0.2) is 68.5 Å². The van der Waals surface area contributed by atoms with E-state index in [-0.39, 0.29) is 30.1 Å².